The molecular formula is C52H82N6O15. The summed E-state index contributed by atoms with van der Waals surface area (Å²) in [5, 5.41) is 67.6. The molecule has 6 rings (SSSR count). The zero-order valence-corrected chi connectivity index (χ0v) is 44.9. The van der Waals surface area contributed by atoms with Gasteiger partial charge in [-0.1, -0.05) is 26.0 Å². The fourth-order valence-corrected chi connectivity index (χ4v) is 10.7. The van der Waals surface area contributed by atoms with Crippen LogP contribution in [0.1, 0.15) is 111 Å². The van der Waals surface area contributed by atoms with Crippen LogP contribution in [0, 0.1) is 17.8 Å². The van der Waals surface area contributed by atoms with Crippen molar-refractivity contribution in [2.75, 3.05) is 45.7 Å². The molecule has 3 saturated heterocycles. The number of methoxy groups -OCH3 is 1. The summed E-state index contributed by atoms with van der Waals surface area (Å²) in [5.41, 5.74) is -1.08. The number of rotatable bonds is 14. The van der Waals surface area contributed by atoms with Crippen molar-refractivity contribution in [2.24, 2.45) is 17.8 Å². The maximum Gasteiger partial charge on any atom is 0.414 e. The van der Waals surface area contributed by atoms with Gasteiger partial charge in [-0.2, -0.15) is 0 Å². The smallest absolute Gasteiger partial charge is 0.414 e. The van der Waals surface area contributed by atoms with Crippen LogP contribution in [0.25, 0.3) is 0 Å². The average Bonchev–Trinajstić information content (AvgIpc) is 3.96. The molecule has 21 nitrogen and oxygen atoms in total. The third kappa shape index (κ3) is 13.4. The molecule has 4 aliphatic heterocycles. The fraction of sp³-hybridized carbons (Fsp3) is 0.750. The molecule has 5 heterocycles. The molecular weight excluding hydrogens is 949 g/mol. The van der Waals surface area contributed by atoms with Crippen molar-refractivity contribution in [1.29, 1.82) is 0 Å². The van der Waals surface area contributed by atoms with E-state index in [2.05, 4.69) is 10.3 Å². The van der Waals surface area contributed by atoms with Crippen molar-refractivity contribution >= 4 is 23.5 Å². The number of cyclic esters (lactones) is 2. The number of carbonyl (C=O) groups is 3. The monoisotopic (exact) mass is 1030 g/mol. The molecule has 4 aliphatic rings. The van der Waals surface area contributed by atoms with Crippen LogP contribution >= 0.6 is 0 Å². The summed E-state index contributed by atoms with van der Waals surface area (Å²) in [4.78, 5) is 44.3. The average molecular weight is 1030 g/mol. The Morgan fingerprint density at radius 2 is 1.66 bits per heavy atom. The molecule has 410 valence electrons. The Morgan fingerprint density at radius 3 is 2.30 bits per heavy atom. The summed E-state index contributed by atoms with van der Waals surface area (Å²) >= 11 is 0. The minimum Gasteiger partial charge on any atom is -0.509 e. The van der Waals surface area contributed by atoms with Crippen LogP contribution in [0.2, 0.25) is 0 Å². The lowest BCUT2D eigenvalue weighted by atomic mass is 9.85. The first kappa shape index (κ1) is 58.0. The van der Waals surface area contributed by atoms with Gasteiger partial charge in [0, 0.05) is 74.9 Å². The topological polar surface area (TPSA) is 257 Å². The number of anilines is 1. The molecule has 21 heteroatoms. The molecule has 1 aromatic heterocycles. The molecule has 0 saturated carbocycles. The maximum absolute atomic E-state index is 14.4. The highest BCUT2D eigenvalue weighted by Gasteiger charge is 2.50. The summed E-state index contributed by atoms with van der Waals surface area (Å²) in [6.45, 7) is 18.5. The molecule has 0 radical (unpaired) electrons. The highest BCUT2D eigenvalue weighted by atomic mass is 16.7. The van der Waals surface area contributed by atoms with E-state index in [4.69, 9.17) is 33.2 Å². The number of ketones is 1. The number of likely N-dealkylation sites (N-methyl/N-ethyl adjacent to an activating group) is 2. The van der Waals surface area contributed by atoms with Crippen LogP contribution in [0.5, 0.6) is 0 Å². The van der Waals surface area contributed by atoms with Crippen molar-refractivity contribution in [3.05, 3.63) is 53.2 Å². The van der Waals surface area contributed by atoms with Gasteiger partial charge in [0.1, 0.15) is 47.6 Å². The molecule has 5 N–H and O–H groups in total. The van der Waals surface area contributed by atoms with Crippen LogP contribution in [-0.2, 0) is 50.9 Å². The lowest BCUT2D eigenvalue weighted by Gasteiger charge is -2.46. The molecule has 2 aromatic rings. The van der Waals surface area contributed by atoms with E-state index in [1.165, 1.54) is 25.9 Å². The summed E-state index contributed by atoms with van der Waals surface area (Å²) in [5.74, 6) is -3.21. The number of nitrogens with zero attached hydrogens (tertiary/aromatic N) is 6. The second kappa shape index (κ2) is 24.1. The third-order valence-corrected chi connectivity index (χ3v) is 15.6. The number of amides is 1. The van der Waals surface area contributed by atoms with Gasteiger partial charge in [0.05, 0.1) is 48.6 Å². The molecule has 1 amide bonds. The number of aliphatic hydroxyl groups is 5. The van der Waals surface area contributed by atoms with E-state index in [0.717, 1.165) is 0 Å². The normalized spacial score (nSPS) is 38.7. The van der Waals surface area contributed by atoms with Crippen molar-refractivity contribution < 1.29 is 73.1 Å². The zero-order chi connectivity index (χ0) is 53.9. The predicted octanol–water partition coefficient (Wildman–Crippen LogP) is 3.98. The summed E-state index contributed by atoms with van der Waals surface area (Å²) in [6.07, 6.45) is -7.17. The molecule has 73 heavy (non-hydrogen) atoms. The number of carbonyl (C=O) groups excluding carboxylic acids is 3. The first-order valence-corrected chi connectivity index (χ1v) is 25.7. The van der Waals surface area contributed by atoms with Gasteiger partial charge in [0.2, 0.25) is 6.29 Å². The van der Waals surface area contributed by atoms with E-state index in [-0.39, 0.29) is 49.0 Å². The Labute approximate surface area is 429 Å². The standard InChI is InChI=1S/C52H82N6O15/c1-14-41-52(10,66)46(62)32(6)56(12)24-28(2)21-40(60)45(30(4)44(31(5)48(64)71-41)72-42-23-51(9,67-13)47(63)34(8)69-42)73-49-43(61)39(22-29(3)68-49)55(11)20-19-36-25-57(54-53-36)26-38-27-58(50(65)70-38)37-17-15-35(16-18-37)33(7)59/h15-18,25,28-32,34,38-39,41-44,46-47,49,60-63,66H,14,19-24,26-27H2,1-13H3/b45-40-/t28-,29-,30+,31-,32-,34+,38+,39+,41-,42+,43-,44+,46-,47+,49+,51-,52-/m1/s1. The van der Waals surface area contributed by atoms with Gasteiger partial charge in [-0.15, -0.1) is 5.10 Å². The first-order valence-electron chi connectivity index (χ1n) is 25.7. The number of ether oxygens (including phenoxy) is 7. The number of aliphatic hydroxyl groups excluding tert-OH is 4. The number of esters is 1. The maximum atomic E-state index is 14.4. The van der Waals surface area contributed by atoms with Gasteiger partial charge in [0.25, 0.3) is 0 Å². The van der Waals surface area contributed by atoms with E-state index in [1.807, 2.05) is 37.7 Å². The van der Waals surface area contributed by atoms with Crippen molar-refractivity contribution in [2.45, 2.75) is 193 Å². The molecule has 0 unspecified atom stereocenters. The van der Waals surface area contributed by atoms with Crippen LogP contribution in [-0.4, -0.2) is 194 Å². The van der Waals surface area contributed by atoms with Crippen LogP contribution < -0.4 is 4.90 Å². The Balaban J connectivity index is 1.21. The lowest BCUT2D eigenvalue weighted by Crippen LogP contribution is -2.59. The Morgan fingerprint density at radius 1 is 0.973 bits per heavy atom. The number of aromatic nitrogens is 3. The Hall–Kier alpha value is -4.29. The Kier molecular flexibility index (Phi) is 19.2. The van der Waals surface area contributed by atoms with Gasteiger partial charge < -0.3 is 68.5 Å². The lowest BCUT2D eigenvalue weighted by molar-refractivity contribution is -0.297. The molecule has 0 aliphatic carbocycles. The van der Waals surface area contributed by atoms with Crippen molar-refractivity contribution in [3.63, 3.8) is 0 Å². The highest BCUT2D eigenvalue weighted by Crippen LogP contribution is 2.39. The van der Waals surface area contributed by atoms with Gasteiger partial charge in [-0.25, -0.2) is 9.48 Å². The minimum atomic E-state index is -1.85. The third-order valence-electron chi connectivity index (χ3n) is 15.6. The van der Waals surface area contributed by atoms with Crippen LogP contribution in [0.15, 0.2) is 42.0 Å². The van der Waals surface area contributed by atoms with Crippen molar-refractivity contribution in [1.82, 2.24) is 24.8 Å². The summed E-state index contributed by atoms with van der Waals surface area (Å²) in [7, 11) is 5.18. The number of hydrogen-bond acceptors (Lipinski definition) is 19. The van der Waals surface area contributed by atoms with E-state index in [9.17, 15) is 39.9 Å². The SMILES string of the molecule is CC[C@H]1OC(=O)[C@H](C)[C@@H](O[C@H]2C[C@@](C)(OC)[C@@H](O)[C@H](C)O2)[C@H](C)/C(O[C@@H]2O[C@H](C)C[C@H](N(C)CCc3cn(C[C@H]4CN(c5ccc(C(C)=O)cc5)C(=O)O4)nn3)[C@H]2O)=C(/O)C[C@@H](C)CN(C)[C@H](C)[C@@H](O)[C@]1(C)O. The quantitative estimate of drug-likeness (QED) is 0.132. The van der Waals surface area contributed by atoms with Gasteiger partial charge >= 0.3 is 12.1 Å². The van der Waals surface area contributed by atoms with Gasteiger partial charge in [0.15, 0.2) is 12.1 Å². The number of hydrogen-bond donors (Lipinski definition) is 5. The number of Topliss-reactive ketones (excluding diaryl/α,β-unsaturated/α-hetero) is 1. The van der Waals surface area contributed by atoms with Crippen LogP contribution in [0.4, 0.5) is 10.5 Å². The first-order chi connectivity index (χ1) is 34.3. The molecule has 3 fully saturated rings. The van der Waals surface area contributed by atoms with Crippen molar-refractivity contribution in [3.8, 4) is 0 Å². The second-order valence-corrected chi connectivity index (χ2v) is 21.5. The molecule has 17 atom stereocenters. The summed E-state index contributed by atoms with van der Waals surface area (Å²) in [6, 6.07) is 5.72. The zero-order valence-electron chi connectivity index (χ0n) is 44.9. The highest BCUT2D eigenvalue weighted by molar-refractivity contribution is 5.95. The summed E-state index contributed by atoms with van der Waals surface area (Å²) < 4.78 is 45.1. The largest absolute Gasteiger partial charge is 0.509 e. The van der Waals surface area contributed by atoms with Gasteiger partial charge in [-0.3, -0.25) is 14.5 Å². The molecule has 0 bridgehead atoms. The fourth-order valence-electron chi connectivity index (χ4n) is 10.7. The van der Waals surface area contributed by atoms with E-state index in [0.29, 0.717) is 49.4 Å². The molecule has 1 aromatic carbocycles. The second-order valence-electron chi connectivity index (χ2n) is 21.5. The van der Waals surface area contributed by atoms with E-state index in [1.54, 1.807) is 76.7 Å². The van der Waals surface area contributed by atoms with E-state index >= 15 is 0 Å². The number of benzene rings is 1. The number of allylic oxidation sites excluding steroid dienone is 1. The van der Waals surface area contributed by atoms with Gasteiger partial charge in [-0.05, 0) is 106 Å². The Bertz CT molecular complexity index is 2210. The van der Waals surface area contributed by atoms with Crippen LogP contribution in [0.3, 0.4) is 0 Å². The molecule has 0 spiro atoms. The van der Waals surface area contributed by atoms with E-state index < -0.39 is 109 Å². The minimum absolute atomic E-state index is 0.0256. The predicted molar refractivity (Wildman–Crippen MR) is 266 cm³/mol.